The van der Waals surface area contributed by atoms with Crippen molar-refractivity contribution < 1.29 is 0 Å². The zero-order valence-corrected chi connectivity index (χ0v) is 14.2. The minimum absolute atomic E-state index is 0.193. The topological polar surface area (TPSA) is 12.0 Å². The molecule has 0 bridgehead atoms. The van der Waals surface area contributed by atoms with E-state index >= 15 is 0 Å². The molecule has 96 valence electrons. The lowest BCUT2D eigenvalue weighted by Crippen LogP contribution is -2.33. The zero-order valence-electron chi connectivity index (χ0n) is 11.0. The maximum absolute atomic E-state index is 3.65. The van der Waals surface area contributed by atoms with Crippen LogP contribution in [0.25, 0.3) is 0 Å². The van der Waals surface area contributed by atoms with Crippen molar-refractivity contribution in [3.63, 3.8) is 0 Å². The van der Waals surface area contributed by atoms with Gasteiger partial charge >= 0.3 is 0 Å². The van der Waals surface area contributed by atoms with Crippen LogP contribution in [0.2, 0.25) is 0 Å². The summed E-state index contributed by atoms with van der Waals surface area (Å²) in [6, 6.07) is 6.72. The summed E-state index contributed by atoms with van der Waals surface area (Å²) in [4.78, 5) is 0. The van der Waals surface area contributed by atoms with E-state index < -0.39 is 0 Å². The lowest BCUT2D eigenvalue weighted by molar-refractivity contribution is 0.272. The van der Waals surface area contributed by atoms with Crippen LogP contribution in [0.5, 0.6) is 0 Å². The van der Waals surface area contributed by atoms with Crippen LogP contribution in [-0.4, -0.2) is 6.54 Å². The molecule has 3 heteroatoms. The number of nitrogens with one attached hydrogen (secondary N) is 1. The molecule has 1 aromatic rings. The number of hydrogen-bond acceptors (Lipinski definition) is 1. The van der Waals surface area contributed by atoms with E-state index in [1.807, 2.05) is 0 Å². The maximum atomic E-state index is 3.65. The van der Waals surface area contributed by atoms with E-state index in [9.17, 15) is 0 Å². The van der Waals surface area contributed by atoms with E-state index in [-0.39, 0.29) is 5.41 Å². The molecule has 0 spiro atoms. The van der Waals surface area contributed by atoms with Gasteiger partial charge in [-0.3, -0.25) is 0 Å². The highest BCUT2D eigenvalue weighted by molar-refractivity contribution is 9.11. The van der Waals surface area contributed by atoms with Gasteiger partial charge in [0.15, 0.2) is 0 Å². The molecule has 1 aromatic carbocycles. The summed E-state index contributed by atoms with van der Waals surface area (Å²) in [5.41, 5.74) is 1.51. The molecule has 1 N–H and O–H groups in total. The summed E-state index contributed by atoms with van der Waals surface area (Å²) in [6.45, 7) is 10.1. The molecule has 0 aliphatic heterocycles. The fourth-order valence-electron chi connectivity index (χ4n) is 1.91. The van der Waals surface area contributed by atoms with Crippen molar-refractivity contribution in [2.45, 2.75) is 40.2 Å². The SMILES string of the molecule is CCCNC(c1cc(Br)ccc1Br)C(C)(C)C. The number of halogens is 2. The Morgan fingerprint density at radius 2 is 1.88 bits per heavy atom. The molecule has 17 heavy (non-hydrogen) atoms. The van der Waals surface area contributed by atoms with Gasteiger partial charge in [0.2, 0.25) is 0 Å². The number of hydrogen-bond donors (Lipinski definition) is 1. The third kappa shape index (κ3) is 4.38. The highest BCUT2D eigenvalue weighted by Gasteiger charge is 2.27. The molecule has 1 unspecified atom stereocenters. The van der Waals surface area contributed by atoms with Crippen LogP contribution in [0.1, 0.15) is 45.7 Å². The van der Waals surface area contributed by atoms with Crippen molar-refractivity contribution >= 4 is 31.9 Å². The summed E-state index contributed by atoms with van der Waals surface area (Å²) >= 11 is 7.21. The lowest BCUT2D eigenvalue weighted by Gasteiger charge is -2.33. The minimum atomic E-state index is 0.193. The van der Waals surface area contributed by atoms with E-state index in [0.717, 1.165) is 17.4 Å². The van der Waals surface area contributed by atoms with Crippen LogP contribution in [0.4, 0.5) is 0 Å². The van der Waals surface area contributed by atoms with Crippen molar-refractivity contribution in [1.29, 1.82) is 0 Å². The predicted octanol–water partition coefficient (Wildman–Crippen LogP) is 5.30. The predicted molar refractivity (Wildman–Crippen MR) is 82.3 cm³/mol. The van der Waals surface area contributed by atoms with Crippen molar-refractivity contribution in [3.05, 3.63) is 32.7 Å². The average molecular weight is 363 g/mol. The molecule has 1 atom stereocenters. The summed E-state index contributed by atoms with van der Waals surface area (Å²) in [5, 5.41) is 3.64. The second-order valence-electron chi connectivity index (χ2n) is 5.42. The molecule has 1 nitrogen and oxygen atoms in total. The Hall–Kier alpha value is 0.140. The Morgan fingerprint density at radius 1 is 1.24 bits per heavy atom. The Morgan fingerprint density at radius 3 is 2.41 bits per heavy atom. The van der Waals surface area contributed by atoms with Gasteiger partial charge in [0, 0.05) is 15.0 Å². The Labute approximate surface area is 122 Å². The molecule has 0 aliphatic carbocycles. The summed E-state index contributed by atoms with van der Waals surface area (Å²) in [6.07, 6.45) is 1.15. The van der Waals surface area contributed by atoms with Crippen LogP contribution in [0, 0.1) is 5.41 Å². The minimum Gasteiger partial charge on any atom is -0.309 e. The van der Waals surface area contributed by atoms with E-state index in [1.165, 1.54) is 10.0 Å². The molecular weight excluding hydrogens is 342 g/mol. The number of benzene rings is 1. The summed E-state index contributed by atoms with van der Waals surface area (Å²) in [5.74, 6) is 0. The first-order valence-corrected chi connectivity index (χ1v) is 7.63. The average Bonchev–Trinajstić information content (AvgIpc) is 2.21. The van der Waals surface area contributed by atoms with Crippen molar-refractivity contribution in [2.24, 2.45) is 5.41 Å². The van der Waals surface area contributed by atoms with Crippen molar-refractivity contribution in [3.8, 4) is 0 Å². The van der Waals surface area contributed by atoms with Gasteiger partial charge in [-0.25, -0.2) is 0 Å². The van der Waals surface area contributed by atoms with Gasteiger partial charge in [-0.15, -0.1) is 0 Å². The summed E-state index contributed by atoms with van der Waals surface area (Å²) < 4.78 is 2.30. The first kappa shape index (κ1) is 15.2. The van der Waals surface area contributed by atoms with Gasteiger partial charge in [-0.1, -0.05) is 59.6 Å². The highest BCUT2D eigenvalue weighted by Crippen LogP contribution is 2.37. The van der Waals surface area contributed by atoms with E-state index in [2.05, 4.69) is 83.1 Å². The largest absolute Gasteiger partial charge is 0.309 e. The first-order valence-electron chi connectivity index (χ1n) is 6.04. The van der Waals surface area contributed by atoms with Crippen LogP contribution in [-0.2, 0) is 0 Å². The van der Waals surface area contributed by atoms with E-state index in [1.54, 1.807) is 0 Å². The van der Waals surface area contributed by atoms with Crippen molar-refractivity contribution in [2.75, 3.05) is 6.54 Å². The van der Waals surface area contributed by atoms with Gasteiger partial charge < -0.3 is 5.32 Å². The Kier molecular flexibility index (Phi) is 5.68. The monoisotopic (exact) mass is 361 g/mol. The molecule has 0 aliphatic rings. The van der Waals surface area contributed by atoms with Gasteiger partial charge in [0.05, 0.1) is 0 Å². The standard InChI is InChI=1S/C14H21Br2N/c1-5-8-17-13(14(2,3)4)11-9-10(15)6-7-12(11)16/h6-7,9,13,17H,5,8H2,1-4H3. The van der Waals surface area contributed by atoms with Crippen molar-refractivity contribution in [1.82, 2.24) is 5.32 Å². The van der Waals surface area contributed by atoms with Gasteiger partial charge in [-0.2, -0.15) is 0 Å². The van der Waals surface area contributed by atoms with Crippen LogP contribution in [0.15, 0.2) is 27.1 Å². The lowest BCUT2D eigenvalue weighted by atomic mass is 9.82. The fourth-order valence-corrected chi connectivity index (χ4v) is 2.76. The third-order valence-electron chi connectivity index (χ3n) is 2.73. The molecule has 0 amide bonds. The molecule has 0 saturated heterocycles. The highest BCUT2D eigenvalue weighted by atomic mass is 79.9. The first-order chi connectivity index (χ1) is 7.86. The second-order valence-corrected chi connectivity index (χ2v) is 7.19. The Balaban J connectivity index is 3.08. The molecular formula is C14H21Br2N. The summed E-state index contributed by atoms with van der Waals surface area (Å²) in [7, 11) is 0. The molecule has 0 saturated carbocycles. The second kappa shape index (κ2) is 6.35. The normalized spacial score (nSPS) is 13.8. The van der Waals surface area contributed by atoms with Gasteiger partial charge in [0.1, 0.15) is 0 Å². The fraction of sp³-hybridized carbons (Fsp3) is 0.571. The zero-order chi connectivity index (χ0) is 13.1. The van der Waals surface area contributed by atoms with Gasteiger partial charge in [0.25, 0.3) is 0 Å². The third-order valence-corrected chi connectivity index (χ3v) is 3.95. The molecule has 0 heterocycles. The quantitative estimate of drug-likeness (QED) is 0.766. The smallest absolute Gasteiger partial charge is 0.0380 e. The molecule has 0 radical (unpaired) electrons. The van der Waals surface area contributed by atoms with E-state index in [0.29, 0.717) is 6.04 Å². The Bertz CT molecular complexity index is 369. The van der Waals surface area contributed by atoms with Gasteiger partial charge in [-0.05, 0) is 42.1 Å². The maximum Gasteiger partial charge on any atom is 0.0380 e. The number of rotatable bonds is 4. The van der Waals surface area contributed by atoms with Crippen LogP contribution >= 0.6 is 31.9 Å². The molecule has 0 aromatic heterocycles. The van der Waals surface area contributed by atoms with Crippen LogP contribution in [0.3, 0.4) is 0 Å². The van der Waals surface area contributed by atoms with Crippen LogP contribution < -0.4 is 5.32 Å². The van der Waals surface area contributed by atoms with E-state index in [4.69, 9.17) is 0 Å². The molecule has 0 fully saturated rings. The molecule has 1 rings (SSSR count).